The van der Waals surface area contributed by atoms with Crippen LogP contribution in [0.25, 0.3) is 22.0 Å². The molecule has 35 heavy (non-hydrogen) atoms. The van der Waals surface area contributed by atoms with Crippen LogP contribution in [0.15, 0.2) is 24.4 Å². The highest BCUT2D eigenvalue weighted by Gasteiger charge is 2.22. The van der Waals surface area contributed by atoms with Gasteiger partial charge >= 0.3 is 0 Å². The summed E-state index contributed by atoms with van der Waals surface area (Å²) >= 11 is 13.2. The van der Waals surface area contributed by atoms with Crippen molar-refractivity contribution < 1.29 is 18.9 Å². The highest BCUT2D eigenvalue weighted by molar-refractivity contribution is 6.41. The van der Waals surface area contributed by atoms with Crippen LogP contribution in [0, 0.1) is 0 Å². The van der Waals surface area contributed by atoms with Crippen molar-refractivity contribution >= 4 is 45.6 Å². The Labute approximate surface area is 215 Å². The van der Waals surface area contributed by atoms with Gasteiger partial charge in [0.25, 0.3) is 0 Å². The van der Waals surface area contributed by atoms with E-state index in [9.17, 15) is 0 Å². The van der Waals surface area contributed by atoms with Gasteiger partial charge in [-0.05, 0) is 37.8 Å². The van der Waals surface area contributed by atoms with E-state index in [0.717, 1.165) is 36.8 Å². The minimum atomic E-state index is 0.241. The lowest BCUT2D eigenvalue weighted by molar-refractivity contribution is 0.0904. The van der Waals surface area contributed by atoms with E-state index in [2.05, 4.69) is 10.3 Å². The quantitative estimate of drug-likeness (QED) is 0.448. The second-order valence-electron chi connectivity index (χ2n) is 8.32. The van der Waals surface area contributed by atoms with E-state index in [-0.39, 0.29) is 6.04 Å². The van der Waals surface area contributed by atoms with Crippen molar-refractivity contribution in [2.45, 2.75) is 31.7 Å². The van der Waals surface area contributed by atoms with E-state index in [4.69, 9.17) is 52.9 Å². The Morgan fingerprint density at radius 3 is 2.14 bits per heavy atom. The van der Waals surface area contributed by atoms with Crippen LogP contribution in [0.5, 0.6) is 11.5 Å². The highest BCUT2D eigenvalue weighted by Crippen LogP contribution is 2.46. The average molecular weight is 521 g/mol. The summed E-state index contributed by atoms with van der Waals surface area (Å²) in [6, 6.07) is 5.58. The summed E-state index contributed by atoms with van der Waals surface area (Å²) in [7, 11) is 3.08. The number of hydrogen-bond acceptors (Lipinski definition) is 8. The maximum Gasteiger partial charge on any atom is 0.141 e. The number of benzene rings is 1. The SMILES string of the molecule is C1CCOC1.COc1cc(OC)c(Cl)c(-c2cc3cnc(N)cc3c(NC3CCOCC3)n2)c1Cl. The molecule has 2 aliphatic heterocycles. The van der Waals surface area contributed by atoms with Gasteiger partial charge in [-0.2, -0.15) is 0 Å². The summed E-state index contributed by atoms with van der Waals surface area (Å²) < 4.78 is 21.2. The summed E-state index contributed by atoms with van der Waals surface area (Å²) in [6.45, 7) is 3.42. The third kappa shape index (κ3) is 6.01. The van der Waals surface area contributed by atoms with Crippen molar-refractivity contribution in [3.8, 4) is 22.8 Å². The lowest BCUT2D eigenvalue weighted by Gasteiger charge is -2.25. The maximum absolute atomic E-state index is 6.62. The van der Waals surface area contributed by atoms with E-state index in [0.29, 0.717) is 57.7 Å². The lowest BCUT2D eigenvalue weighted by Crippen LogP contribution is -2.28. The highest BCUT2D eigenvalue weighted by atomic mass is 35.5. The molecule has 0 bridgehead atoms. The zero-order chi connectivity index (χ0) is 24.8. The largest absolute Gasteiger partial charge is 0.495 e. The van der Waals surface area contributed by atoms with Crippen molar-refractivity contribution in [2.75, 3.05) is 51.7 Å². The van der Waals surface area contributed by atoms with E-state index < -0.39 is 0 Å². The molecule has 2 aliphatic rings. The van der Waals surface area contributed by atoms with Gasteiger partial charge in [-0.25, -0.2) is 9.97 Å². The second-order valence-corrected chi connectivity index (χ2v) is 9.08. The number of hydrogen-bond donors (Lipinski definition) is 2. The minimum Gasteiger partial charge on any atom is -0.495 e. The standard InChI is InChI=1S/C21H22Cl2N4O3.C4H8O/c1-28-15-9-16(29-2)20(23)18(19(15)22)14-7-11-10-25-17(24)8-13(11)21(27-14)26-12-3-5-30-6-4-12;1-2-4-5-3-1/h7-10,12H,3-6H2,1-2H3,(H2,24,25)(H,26,27);1-4H2. The van der Waals surface area contributed by atoms with Gasteiger partial charge < -0.3 is 30.0 Å². The third-order valence-electron chi connectivity index (χ3n) is 5.95. The molecule has 2 fully saturated rings. The van der Waals surface area contributed by atoms with E-state index in [1.807, 2.05) is 12.1 Å². The van der Waals surface area contributed by atoms with Gasteiger partial charge in [0.15, 0.2) is 0 Å². The van der Waals surface area contributed by atoms with Crippen LogP contribution >= 0.6 is 23.2 Å². The first-order valence-electron chi connectivity index (χ1n) is 11.6. The van der Waals surface area contributed by atoms with Crippen LogP contribution in [-0.2, 0) is 9.47 Å². The molecule has 0 atom stereocenters. The van der Waals surface area contributed by atoms with Crippen LogP contribution in [0.4, 0.5) is 11.6 Å². The first-order chi connectivity index (χ1) is 17.0. The number of rotatable bonds is 5. The molecule has 0 unspecified atom stereocenters. The summed E-state index contributed by atoms with van der Waals surface area (Å²) in [6.07, 6.45) is 6.05. The summed E-state index contributed by atoms with van der Waals surface area (Å²) in [5, 5.41) is 5.98. The molecular formula is C25H30Cl2N4O4. The monoisotopic (exact) mass is 520 g/mol. The Morgan fingerprint density at radius 2 is 1.57 bits per heavy atom. The number of aromatic nitrogens is 2. The van der Waals surface area contributed by atoms with Crippen molar-refractivity contribution in [3.05, 3.63) is 34.4 Å². The smallest absolute Gasteiger partial charge is 0.141 e. The van der Waals surface area contributed by atoms with Gasteiger partial charge in [0, 0.05) is 61.1 Å². The molecule has 2 aromatic heterocycles. The minimum absolute atomic E-state index is 0.241. The zero-order valence-corrected chi connectivity index (χ0v) is 21.4. The Hall–Kier alpha value is -2.52. The molecule has 3 N–H and O–H groups in total. The Balaban J connectivity index is 0.000000514. The number of anilines is 2. The summed E-state index contributed by atoms with van der Waals surface area (Å²) in [5.74, 6) is 2.01. The second kappa shape index (κ2) is 11.9. The van der Waals surface area contributed by atoms with Crippen LogP contribution in [-0.4, -0.2) is 56.7 Å². The van der Waals surface area contributed by atoms with Crippen molar-refractivity contribution in [2.24, 2.45) is 0 Å². The Kier molecular flexibility index (Phi) is 8.73. The Bertz CT molecular complexity index is 1130. The molecule has 8 nitrogen and oxygen atoms in total. The number of nitrogen functional groups attached to an aromatic ring is 1. The first-order valence-corrected chi connectivity index (χ1v) is 12.4. The summed E-state index contributed by atoms with van der Waals surface area (Å²) in [5.41, 5.74) is 7.05. The van der Waals surface area contributed by atoms with Crippen LogP contribution in [0.2, 0.25) is 10.0 Å². The zero-order valence-electron chi connectivity index (χ0n) is 19.9. The average Bonchev–Trinajstić information content (AvgIpc) is 3.46. The number of methoxy groups -OCH3 is 2. The molecule has 0 amide bonds. The molecule has 4 heterocycles. The number of ether oxygens (including phenoxy) is 4. The molecule has 10 heteroatoms. The molecule has 0 saturated carbocycles. The van der Waals surface area contributed by atoms with Crippen molar-refractivity contribution in [1.29, 1.82) is 0 Å². The predicted octanol–water partition coefficient (Wildman–Crippen LogP) is 5.59. The van der Waals surface area contributed by atoms with Gasteiger partial charge in [0.2, 0.25) is 0 Å². The number of nitrogens with one attached hydrogen (secondary N) is 1. The number of pyridine rings is 2. The van der Waals surface area contributed by atoms with E-state index in [1.165, 1.54) is 27.1 Å². The van der Waals surface area contributed by atoms with Gasteiger partial charge in [-0.1, -0.05) is 23.2 Å². The van der Waals surface area contributed by atoms with E-state index in [1.54, 1.807) is 12.3 Å². The van der Waals surface area contributed by atoms with Crippen LogP contribution in [0.3, 0.4) is 0 Å². The summed E-state index contributed by atoms with van der Waals surface area (Å²) in [4.78, 5) is 9.09. The van der Waals surface area contributed by atoms with Gasteiger partial charge in [-0.15, -0.1) is 0 Å². The van der Waals surface area contributed by atoms with Gasteiger partial charge in [0.1, 0.15) is 23.1 Å². The molecule has 0 radical (unpaired) electrons. The predicted molar refractivity (Wildman–Crippen MR) is 140 cm³/mol. The number of halogens is 2. The number of nitrogens with two attached hydrogens (primary N) is 1. The number of nitrogens with zero attached hydrogens (tertiary/aromatic N) is 2. The molecule has 2 saturated heterocycles. The maximum atomic E-state index is 6.62. The lowest BCUT2D eigenvalue weighted by atomic mass is 10.1. The fourth-order valence-corrected chi connectivity index (χ4v) is 4.75. The number of fused-ring (bicyclic) bond motifs is 1. The molecule has 3 aromatic rings. The first kappa shape index (κ1) is 25.6. The molecule has 0 aliphatic carbocycles. The normalized spacial score (nSPS) is 16.0. The van der Waals surface area contributed by atoms with Gasteiger partial charge in [-0.3, -0.25) is 0 Å². The molecule has 0 spiro atoms. The topological polar surface area (TPSA) is 101 Å². The fraction of sp³-hybridized carbons (Fsp3) is 0.440. The van der Waals surface area contributed by atoms with Crippen LogP contribution in [0.1, 0.15) is 25.7 Å². The fourth-order valence-electron chi connectivity index (χ4n) is 4.06. The molecule has 5 rings (SSSR count). The molecule has 1 aromatic carbocycles. The van der Waals surface area contributed by atoms with E-state index >= 15 is 0 Å². The molecular weight excluding hydrogens is 491 g/mol. The van der Waals surface area contributed by atoms with Gasteiger partial charge in [0.05, 0.1) is 30.0 Å². The Morgan fingerprint density at radius 1 is 0.943 bits per heavy atom. The molecule has 188 valence electrons. The third-order valence-corrected chi connectivity index (χ3v) is 6.71. The van der Waals surface area contributed by atoms with Crippen molar-refractivity contribution in [3.63, 3.8) is 0 Å². The van der Waals surface area contributed by atoms with Crippen molar-refractivity contribution in [1.82, 2.24) is 9.97 Å². The van der Waals surface area contributed by atoms with Crippen LogP contribution < -0.4 is 20.5 Å².